The quantitative estimate of drug-likeness (QED) is 0.409. The van der Waals surface area contributed by atoms with Gasteiger partial charge in [-0.2, -0.15) is 0 Å². The number of cyclic esters (lactones) is 2. The van der Waals surface area contributed by atoms with Crippen molar-refractivity contribution in [2.45, 2.75) is 65.2 Å². The Morgan fingerprint density at radius 2 is 1.65 bits per heavy atom. The molecule has 2 aromatic rings. The molecule has 5 atom stereocenters. The Balaban J connectivity index is 1.88. The first kappa shape index (κ1) is 33.1. The highest BCUT2D eigenvalue weighted by Crippen LogP contribution is 2.20. The van der Waals surface area contributed by atoms with Crippen LogP contribution in [0.4, 0.5) is 0 Å². The van der Waals surface area contributed by atoms with Gasteiger partial charge in [0.05, 0.1) is 5.92 Å². The topological polar surface area (TPSA) is 131 Å². The van der Waals surface area contributed by atoms with E-state index in [4.69, 9.17) is 9.47 Å². The monoisotopic (exact) mass is 590 g/mol. The van der Waals surface area contributed by atoms with E-state index in [9.17, 15) is 24.3 Å². The van der Waals surface area contributed by atoms with E-state index in [0.29, 0.717) is 0 Å². The molecule has 0 radical (unpaired) electrons. The fraction of sp³-hybridized carbons (Fsp3) is 0.412. The maximum Gasteiger partial charge on any atom is 0.347 e. The molecule has 1 aliphatic heterocycles. The van der Waals surface area contributed by atoms with E-state index >= 15 is 0 Å². The lowest BCUT2D eigenvalue weighted by Gasteiger charge is -2.26. The molecule has 0 spiro atoms. The van der Waals surface area contributed by atoms with Crippen LogP contribution in [-0.4, -0.2) is 53.7 Å². The zero-order chi connectivity index (χ0) is 31.4. The van der Waals surface area contributed by atoms with Gasteiger partial charge in [0.15, 0.2) is 6.10 Å². The summed E-state index contributed by atoms with van der Waals surface area (Å²) in [6.07, 6.45) is 5.70. The number of rotatable bonds is 7. The first-order valence-corrected chi connectivity index (χ1v) is 14.7. The van der Waals surface area contributed by atoms with Crippen molar-refractivity contribution < 1.29 is 33.8 Å². The van der Waals surface area contributed by atoms with E-state index in [1.165, 1.54) is 18.2 Å². The van der Waals surface area contributed by atoms with Crippen molar-refractivity contribution in [2.75, 3.05) is 6.54 Å². The average Bonchev–Trinajstić information content (AvgIpc) is 2.98. The lowest BCUT2D eigenvalue weighted by atomic mass is 9.99. The molecule has 2 aromatic carbocycles. The molecule has 9 nitrogen and oxygen atoms in total. The van der Waals surface area contributed by atoms with Crippen LogP contribution in [0.15, 0.2) is 72.8 Å². The summed E-state index contributed by atoms with van der Waals surface area (Å²) in [6, 6.07) is 15.1. The maximum absolute atomic E-state index is 13.3. The van der Waals surface area contributed by atoms with Crippen LogP contribution in [-0.2, 0) is 35.1 Å². The minimum atomic E-state index is -1.11. The van der Waals surface area contributed by atoms with E-state index in [-0.39, 0.29) is 43.4 Å². The molecular weight excluding hydrogens is 548 g/mol. The molecule has 9 heteroatoms. The van der Waals surface area contributed by atoms with Crippen LogP contribution in [0.2, 0.25) is 0 Å². The Kier molecular flexibility index (Phi) is 12.5. The highest BCUT2D eigenvalue weighted by Gasteiger charge is 2.31. The number of hydrogen-bond acceptors (Lipinski definition) is 7. The van der Waals surface area contributed by atoms with Crippen molar-refractivity contribution in [1.82, 2.24) is 10.6 Å². The molecule has 0 unspecified atom stereocenters. The van der Waals surface area contributed by atoms with Crippen LogP contribution in [0, 0.1) is 17.8 Å². The van der Waals surface area contributed by atoms with Gasteiger partial charge in [-0.15, -0.1) is 0 Å². The number of benzene rings is 2. The molecule has 2 amide bonds. The number of phenolic OH excluding ortho intramolecular Hbond substituents is 1. The van der Waals surface area contributed by atoms with Gasteiger partial charge in [-0.3, -0.25) is 14.4 Å². The number of hydrogen-bond donors (Lipinski definition) is 3. The predicted molar refractivity (Wildman–Crippen MR) is 164 cm³/mol. The van der Waals surface area contributed by atoms with Gasteiger partial charge in [0.25, 0.3) is 0 Å². The fourth-order valence-corrected chi connectivity index (χ4v) is 4.49. The summed E-state index contributed by atoms with van der Waals surface area (Å²) >= 11 is 0. The third kappa shape index (κ3) is 11.1. The summed E-state index contributed by atoms with van der Waals surface area (Å²) in [5.74, 6) is -3.12. The normalized spacial score (nSPS) is 23.4. The van der Waals surface area contributed by atoms with Crippen LogP contribution in [0.5, 0.6) is 5.75 Å². The minimum absolute atomic E-state index is 0.0454. The second kappa shape index (κ2) is 16.3. The number of phenols is 1. The van der Waals surface area contributed by atoms with E-state index in [0.717, 1.165) is 11.1 Å². The second-order valence-corrected chi connectivity index (χ2v) is 11.4. The first-order chi connectivity index (χ1) is 20.5. The number of ether oxygens (including phenoxy) is 2. The molecule has 230 valence electrons. The van der Waals surface area contributed by atoms with Crippen molar-refractivity contribution >= 4 is 29.8 Å². The third-order valence-electron chi connectivity index (χ3n) is 7.08. The van der Waals surface area contributed by atoms with Gasteiger partial charge < -0.3 is 25.2 Å². The van der Waals surface area contributed by atoms with Crippen molar-refractivity contribution in [1.29, 1.82) is 0 Å². The molecule has 3 N–H and O–H groups in total. The highest BCUT2D eigenvalue weighted by atomic mass is 16.6. The number of amides is 2. The molecule has 0 saturated heterocycles. The summed E-state index contributed by atoms with van der Waals surface area (Å²) < 4.78 is 11.6. The van der Waals surface area contributed by atoms with E-state index in [2.05, 4.69) is 10.6 Å². The fourth-order valence-electron chi connectivity index (χ4n) is 4.49. The zero-order valence-electron chi connectivity index (χ0n) is 25.2. The summed E-state index contributed by atoms with van der Waals surface area (Å²) in [5, 5.41) is 15.0. The van der Waals surface area contributed by atoms with E-state index < -0.39 is 47.9 Å². The molecule has 0 aromatic heterocycles. The summed E-state index contributed by atoms with van der Waals surface area (Å²) in [6.45, 7) is 7.29. The van der Waals surface area contributed by atoms with Gasteiger partial charge in [-0.25, -0.2) is 4.79 Å². The Bertz CT molecular complexity index is 1290. The van der Waals surface area contributed by atoms with Crippen LogP contribution >= 0.6 is 0 Å². The zero-order valence-corrected chi connectivity index (χ0v) is 25.2. The van der Waals surface area contributed by atoms with Gasteiger partial charge >= 0.3 is 11.9 Å². The van der Waals surface area contributed by atoms with Crippen molar-refractivity contribution in [2.24, 2.45) is 17.8 Å². The number of carbonyl (C=O) groups is 4. The predicted octanol–water partition coefficient (Wildman–Crippen LogP) is 4.35. The molecule has 0 aliphatic carbocycles. The Morgan fingerprint density at radius 3 is 2.33 bits per heavy atom. The number of carbonyl (C=O) groups excluding carboxylic acids is 4. The minimum Gasteiger partial charge on any atom is -0.508 e. The second-order valence-electron chi connectivity index (χ2n) is 11.4. The Morgan fingerprint density at radius 1 is 0.953 bits per heavy atom. The van der Waals surface area contributed by atoms with Gasteiger partial charge in [-0.05, 0) is 41.7 Å². The molecular formula is C34H42N2O7. The van der Waals surface area contributed by atoms with Crippen molar-refractivity contribution in [3.63, 3.8) is 0 Å². The average molecular weight is 591 g/mol. The van der Waals surface area contributed by atoms with Crippen LogP contribution in [0.1, 0.15) is 51.7 Å². The lowest BCUT2D eigenvalue weighted by Crippen LogP contribution is -2.49. The largest absolute Gasteiger partial charge is 0.508 e. The number of nitrogens with one attached hydrogen (secondary N) is 2. The molecule has 0 saturated carbocycles. The SMILES string of the molecule is CC(C)C[C@@H]1OC(=O)[C@H](C)CNC(=O)[C@@H](Cc2ccc(O)cc2)NC(=O)C=CC[C@@H]([C@H](C)/C=C/c2ccccc2)OC1=O. The summed E-state index contributed by atoms with van der Waals surface area (Å²) in [7, 11) is 0. The number of esters is 2. The van der Waals surface area contributed by atoms with Gasteiger partial charge in [-0.1, -0.05) is 88.4 Å². The summed E-state index contributed by atoms with van der Waals surface area (Å²) in [4.78, 5) is 52.3. The van der Waals surface area contributed by atoms with Gasteiger partial charge in [0.2, 0.25) is 11.8 Å². The highest BCUT2D eigenvalue weighted by molar-refractivity contribution is 5.93. The summed E-state index contributed by atoms with van der Waals surface area (Å²) in [5.41, 5.74) is 1.72. The lowest BCUT2D eigenvalue weighted by molar-refractivity contribution is -0.175. The Hall–Kier alpha value is -4.40. The van der Waals surface area contributed by atoms with Crippen molar-refractivity contribution in [3.8, 4) is 5.75 Å². The molecule has 3 rings (SSSR count). The van der Waals surface area contributed by atoms with E-state index in [1.54, 1.807) is 25.1 Å². The smallest absolute Gasteiger partial charge is 0.347 e. The standard InChI is InChI=1S/C34H42N2O7/c1-22(2)19-30-34(41)42-29(23(3)13-14-25-9-6-5-7-10-25)11-8-12-31(38)36-28(20-26-15-17-27(37)18-16-26)32(39)35-21-24(4)33(40)43-30/h5-10,12-18,22-24,28-30,37H,11,19-21H2,1-4H3,(H,35,39)(H,36,38)/b12-8?,14-13+/t23-,24-,28-,29+,30+/m1/s1. The van der Waals surface area contributed by atoms with Crippen LogP contribution < -0.4 is 10.6 Å². The van der Waals surface area contributed by atoms with Crippen LogP contribution in [0.25, 0.3) is 6.08 Å². The molecule has 0 fully saturated rings. The van der Waals surface area contributed by atoms with Gasteiger partial charge in [0.1, 0.15) is 17.9 Å². The number of aromatic hydroxyl groups is 1. The maximum atomic E-state index is 13.3. The Labute approximate surface area is 253 Å². The van der Waals surface area contributed by atoms with Gasteiger partial charge in [0, 0.05) is 25.3 Å². The molecule has 1 aliphatic rings. The first-order valence-electron chi connectivity index (χ1n) is 14.7. The molecule has 1 heterocycles. The molecule has 43 heavy (non-hydrogen) atoms. The molecule has 0 bridgehead atoms. The van der Waals surface area contributed by atoms with Crippen LogP contribution in [0.3, 0.4) is 0 Å². The van der Waals surface area contributed by atoms with E-state index in [1.807, 2.05) is 63.3 Å². The third-order valence-corrected chi connectivity index (χ3v) is 7.08. The van der Waals surface area contributed by atoms with Crippen molar-refractivity contribution in [3.05, 3.63) is 84.0 Å².